The van der Waals surface area contributed by atoms with E-state index in [1.807, 2.05) is 19.9 Å². The minimum Gasteiger partial charge on any atom is -0.462 e. The third-order valence-corrected chi connectivity index (χ3v) is 7.90. The Kier molecular flexibility index (Phi) is 19.3. The molecule has 0 saturated heterocycles. The minimum atomic E-state index is -0.672. The number of ether oxygens (including phenoxy) is 4. The summed E-state index contributed by atoms with van der Waals surface area (Å²) >= 11 is 0. The molecular weight excluding hydrogens is 560 g/mol. The third kappa shape index (κ3) is 17.4. The van der Waals surface area contributed by atoms with E-state index >= 15 is 0 Å². The summed E-state index contributed by atoms with van der Waals surface area (Å²) in [4.78, 5) is 49.4. The third-order valence-electron chi connectivity index (χ3n) is 7.90. The highest BCUT2D eigenvalue weighted by molar-refractivity contribution is 5.74. The molecule has 1 heterocycles. The Morgan fingerprint density at radius 2 is 1.43 bits per heavy atom. The summed E-state index contributed by atoms with van der Waals surface area (Å²) in [6.45, 7) is 14.1. The molecule has 1 aliphatic rings. The molecular formula is C36H58O8. The van der Waals surface area contributed by atoms with E-state index in [9.17, 15) is 19.2 Å². The van der Waals surface area contributed by atoms with E-state index in [0.29, 0.717) is 38.5 Å². The van der Waals surface area contributed by atoms with Crippen LogP contribution in [0.3, 0.4) is 0 Å². The van der Waals surface area contributed by atoms with Gasteiger partial charge in [-0.05, 0) is 89.5 Å². The van der Waals surface area contributed by atoms with Gasteiger partial charge >= 0.3 is 23.9 Å². The number of cyclic esters (lactones) is 1. The number of carbonyl (C=O) groups excluding carboxylic acids is 4. The molecule has 0 bridgehead atoms. The fourth-order valence-corrected chi connectivity index (χ4v) is 5.49. The molecule has 8 nitrogen and oxygen atoms in total. The van der Waals surface area contributed by atoms with Crippen molar-refractivity contribution in [2.75, 3.05) is 0 Å². The maximum atomic E-state index is 13.5. The van der Waals surface area contributed by atoms with Gasteiger partial charge in [0.15, 0.2) is 0 Å². The first-order valence-electron chi connectivity index (χ1n) is 16.5. The van der Waals surface area contributed by atoms with Gasteiger partial charge in [-0.25, -0.2) is 0 Å². The Hall–Kier alpha value is -2.90. The number of carbonyl (C=O) groups is 4. The lowest BCUT2D eigenvalue weighted by Crippen LogP contribution is -2.36. The molecule has 0 fully saturated rings. The Labute approximate surface area is 266 Å². The Morgan fingerprint density at radius 1 is 0.818 bits per heavy atom. The van der Waals surface area contributed by atoms with Crippen molar-refractivity contribution in [1.29, 1.82) is 0 Å². The fourth-order valence-electron chi connectivity index (χ4n) is 5.49. The first kappa shape index (κ1) is 39.1. The molecule has 7 unspecified atom stereocenters. The Bertz CT molecular complexity index is 981. The lowest BCUT2D eigenvalue weighted by Gasteiger charge is -2.29. The highest BCUT2D eigenvalue weighted by Gasteiger charge is 2.33. The van der Waals surface area contributed by atoms with E-state index in [0.717, 1.165) is 24.8 Å². The van der Waals surface area contributed by atoms with Crippen LogP contribution >= 0.6 is 0 Å². The first-order chi connectivity index (χ1) is 20.8. The number of allylic oxidation sites excluding steroid dienone is 5. The Morgan fingerprint density at radius 3 is 2.05 bits per heavy atom. The van der Waals surface area contributed by atoms with Crippen LogP contribution in [0.2, 0.25) is 0 Å². The molecule has 0 spiro atoms. The van der Waals surface area contributed by atoms with Gasteiger partial charge in [0.05, 0.1) is 5.92 Å². The molecule has 0 radical (unpaired) electrons. The molecule has 0 aromatic carbocycles. The summed E-state index contributed by atoms with van der Waals surface area (Å²) in [5, 5.41) is 0. The molecule has 250 valence electrons. The Balaban J connectivity index is 3.31. The second kappa shape index (κ2) is 21.7. The van der Waals surface area contributed by atoms with Gasteiger partial charge in [-0.1, -0.05) is 63.5 Å². The predicted molar refractivity (Wildman–Crippen MR) is 173 cm³/mol. The van der Waals surface area contributed by atoms with Crippen molar-refractivity contribution in [3.05, 3.63) is 36.0 Å². The number of esters is 4. The monoisotopic (exact) mass is 618 g/mol. The van der Waals surface area contributed by atoms with Gasteiger partial charge in [-0.3, -0.25) is 19.2 Å². The molecule has 44 heavy (non-hydrogen) atoms. The molecule has 1 rings (SSSR count). The highest BCUT2D eigenvalue weighted by Crippen LogP contribution is 2.27. The minimum absolute atomic E-state index is 0.0141. The summed E-state index contributed by atoms with van der Waals surface area (Å²) in [7, 11) is 0. The summed E-state index contributed by atoms with van der Waals surface area (Å²) in [6.07, 6.45) is 16.8. The molecule has 7 atom stereocenters. The molecule has 0 saturated carbocycles. The van der Waals surface area contributed by atoms with Crippen molar-refractivity contribution in [3.8, 4) is 0 Å². The second-order valence-corrected chi connectivity index (χ2v) is 12.6. The SMILES string of the molecule is CCCCC/C=C/C(C)=C/C1CC(C)C/C=C/CCC(OC(C)=O)C(OC(C)=O)CCC(C)CC(OC(C)=O)C(C)C(=O)O1. The van der Waals surface area contributed by atoms with Gasteiger partial charge < -0.3 is 18.9 Å². The van der Waals surface area contributed by atoms with E-state index in [1.165, 1.54) is 33.6 Å². The summed E-state index contributed by atoms with van der Waals surface area (Å²) in [5.74, 6) is -2.16. The van der Waals surface area contributed by atoms with Crippen LogP contribution in [0.4, 0.5) is 0 Å². The molecule has 0 N–H and O–H groups in total. The number of hydrogen-bond donors (Lipinski definition) is 0. The van der Waals surface area contributed by atoms with Crippen LogP contribution in [0.5, 0.6) is 0 Å². The molecule has 0 amide bonds. The van der Waals surface area contributed by atoms with Crippen LogP contribution in [0, 0.1) is 17.8 Å². The van der Waals surface area contributed by atoms with Crippen LogP contribution in [0.25, 0.3) is 0 Å². The van der Waals surface area contributed by atoms with Gasteiger partial charge in [-0.15, -0.1) is 0 Å². The normalized spacial score (nSPS) is 29.1. The predicted octanol–water partition coefficient (Wildman–Crippen LogP) is 7.98. The van der Waals surface area contributed by atoms with Gasteiger partial charge in [0.2, 0.25) is 0 Å². The van der Waals surface area contributed by atoms with Crippen molar-refractivity contribution < 1.29 is 38.1 Å². The van der Waals surface area contributed by atoms with Crippen LogP contribution in [-0.4, -0.2) is 48.3 Å². The molecule has 0 aromatic rings. The second-order valence-electron chi connectivity index (χ2n) is 12.6. The zero-order valence-corrected chi connectivity index (χ0v) is 28.5. The average molecular weight is 619 g/mol. The van der Waals surface area contributed by atoms with Crippen molar-refractivity contribution in [2.24, 2.45) is 17.8 Å². The number of unbranched alkanes of at least 4 members (excludes halogenated alkanes) is 3. The largest absolute Gasteiger partial charge is 0.462 e. The molecule has 0 aliphatic carbocycles. The molecule has 0 aromatic heterocycles. The van der Waals surface area contributed by atoms with E-state index in [-0.39, 0.29) is 11.8 Å². The lowest BCUT2D eigenvalue weighted by molar-refractivity contribution is -0.167. The summed E-state index contributed by atoms with van der Waals surface area (Å²) in [6, 6.07) is 0. The maximum absolute atomic E-state index is 13.5. The van der Waals surface area contributed by atoms with E-state index in [2.05, 4.69) is 38.2 Å². The zero-order chi connectivity index (χ0) is 33.1. The summed E-state index contributed by atoms with van der Waals surface area (Å²) in [5.41, 5.74) is 1.04. The van der Waals surface area contributed by atoms with Crippen LogP contribution in [0.1, 0.15) is 126 Å². The lowest BCUT2D eigenvalue weighted by atomic mass is 9.89. The van der Waals surface area contributed by atoms with Gasteiger partial charge in [0, 0.05) is 20.8 Å². The topological polar surface area (TPSA) is 105 Å². The number of hydrogen-bond acceptors (Lipinski definition) is 8. The smallest absolute Gasteiger partial charge is 0.313 e. The van der Waals surface area contributed by atoms with Crippen molar-refractivity contribution in [1.82, 2.24) is 0 Å². The van der Waals surface area contributed by atoms with Crippen LogP contribution in [-0.2, 0) is 38.1 Å². The quantitative estimate of drug-likeness (QED) is 0.0842. The van der Waals surface area contributed by atoms with Crippen LogP contribution < -0.4 is 0 Å². The van der Waals surface area contributed by atoms with Crippen molar-refractivity contribution >= 4 is 23.9 Å². The molecule has 8 heteroatoms. The fraction of sp³-hybridized carbons (Fsp3) is 0.722. The standard InChI is InChI=1S/C36H58O8/c1-9-10-11-12-14-17-25(2)22-32-23-26(3)18-15-13-16-19-33(41-29(6)37)34(42-30(7)38)21-20-27(4)24-35(43-31(8)39)28(5)36(40)44-32/h13-15,17,22,26-28,32-35H,9-12,16,18-21,23-24H2,1-8H3/b15-13+,17-14+,25-22+. The molecule has 1 aliphatic heterocycles. The first-order valence-corrected chi connectivity index (χ1v) is 16.5. The van der Waals surface area contributed by atoms with E-state index in [4.69, 9.17) is 18.9 Å². The van der Waals surface area contributed by atoms with Crippen molar-refractivity contribution in [2.45, 2.75) is 150 Å². The zero-order valence-electron chi connectivity index (χ0n) is 28.5. The summed E-state index contributed by atoms with van der Waals surface area (Å²) < 4.78 is 23.0. The van der Waals surface area contributed by atoms with Crippen molar-refractivity contribution in [3.63, 3.8) is 0 Å². The maximum Gasteiger partial charge on any atom is 0.313 e. The van der Waals surface area contributed by atoms with E-state index < -0.39 is 54.2 Å². The van der Waals surface area contributed by atoms with E-state index in [1.54, 1.807) is 6.92 Å². The highest BCUT2D eigenvalue weighted by atomic mass is 16.6. The van der Waals surface area contributed by atoms with Crippen LogP contribution in [0.15, 0.2) is 36.0 Å². The van der Waals surface area contributed by atoms with Gasteiger partial charge in [0.25, 0.3) is 0 Å². The van der Waals surface area contributed by atoms with Gasteiger partial charge in [0.1, 0.15) is 24.4 Å². The number of rotatable bonds is 9. The average Bonchev–Trinajstić information content (AvgIpc) is 2.92. The van der Waals surface area contributed by atoms with Gasteiger partial charge in [-0.2, -0.15) is 0 Å².